The van der Waals surface area contributed by atoms with Crippen LogP contribution in [0, 0.1) is 5.92 Å². The monoisotopic (exact) mass is 490 g/mol. The molecule has 0 heterocycles. The zero-order valence-corrected chi connectivity index (χ0v) is 21.7. The average Bonchev–Trinajstić information content (AvgIpc) is 2.73. The Labute approximate surface area is 178 Å². The van der Waals surface area contributed by atoms with Gasteiger partial charge in [-0.1, -0.05) is 0 Å². The van der Waals surface area contributed by atoms with E-state index < -0.39 is 18.4 Å². The zero-order chi connectivity index (χ0) is 20.4. The van der Waals surface area contributed by atoms with Crippen molar-refractivity contribution in [2.75, 3.05) is 0 Å². The Morgan fingerprint density at radius 2 is 1.46 bits per heavy atom. The second-order valence-electron chi connectivity index (χ2n) is 9.03. The molecular formula is C26H42OSn. The van der Waals surface area contributed by atoms with E-state index in [0.717, 1.165) is 6.42 Å². The summed E-state index contributed by atoms with van der Waals surface area (Å²) in [5, 5.41) is 0. The van der Waals surface area contributed by atoms with Crippen molar-refractivity contribution in [1.82, 2.24) is 0 Å². The van der Waals surface area contributed by atoms with Gasteiger partial charge in [-0.15, -0.1) is 0 Å². The van der Waals surface area contributed by atoms with Gasteiger partial charge < -0.3 is 0 Å². The molecule has 0 aliphatic heterocycles. The normalized spacial score (nSPS) is 20.1. The first-order valence-corrected chi connectivity index (χ1v) is 19.5. The molecule has 0 saturated carbocycles. The summed E-state index contributed by atoms with van der Waals surface area (Å²) in [6, 6.07) is 10.9. The van der Waals surface area contributed by atoms with Crippen molar-refractivity contribution in [2.24, 2.45) is 5.92 Å². The predicted octanol–water partition coefficient (Wildman–Crippen LogP) is 8.29. The third-order valence-electron chi connectivity index (χ3n) is 7.08. The van der Waals surface area contributed by atoms with E-state index in [0.29, 0.717) is 15.6 Å². The maximum atomic E-state index is 12.7. The van der Waals surface area contributed by atoms with Crippen LogP contribution in [0.2, 0.25) is 17.2 Å². The van der Waals surface area contributed by atoms with Crippen LogP contribution in [0.3, 0.4) is 0 Å². The van der Waals surface area contributed by atoms with Crippen molar-refractivity contribution in [3.8, 4) is 0 Å². The van der Waals surface area contributed by atoms with Gasteiger partial charge in [0.2, 0.25) is 0 Å². The molecule has 2 heteroatoms. The van der Waals surface area contributed by atoms with Gasteiger partial charge in [-0.3, -0.25) is 0 Å². The van der Waals surface area contributed by atoms with E-state index in [1.165, 1.54) is 69.4 Å². The molecule has 156 valence electrons. The van der Waals surface area contributed by atoms with Crippen LogP contribution in [-0.2, 0) is 4.79 Å². The van der Waals surface area contributed by atoms with Gasteiger partial charge in [0.15, 0.2) is 0 Å². The molecule has 28 heavy (non-hydrogen) atoms. The van der Waals surface area contributed by atoms with Crippen LogP contribution in [0.15, 0.2) is 36.4 Å². The number of Topliss-reactive ketones (excluding diaryl/α,β-unsaturated/α-hetero) is 1. The second kappa shape index (κ2) is 12.2. The molecule has 2 atom stereocenters. The third-order valence-corrected chi connectivity index (χ3v) is 24.9. The van der Waals surface area contributed by atoms with Gasteiger partial charge in [0, 0.05) is 0 Å². The summed E-state index contributed by atoms with van der Waals surface area (Å²) < 4.78 is 5.21. The number of unbranched alkanes of at least 4 members (excludes halogenated alkanes) is 3. The Morgan fingerprint density at radius 1 is 0.929 bits per heavy atom. The Balaban J connectivity index is 2.41. The molecule has 0 spiro atoms. The summed E-state index contributed by atoms with van der Waals surface area (Å²) in [4.78, 5) is 12.7. The standard InChI is InChI=1S/C14H15O.3C4H9.Sn/c1-11(15)12-7-9-14(10-8-12)13-5-3-2-4-6-13;3*1-3-4-2;/h2-7,10,12H,8-9H2,1H3;3*1,3-4H2,2H3;/t12-;;;;/m1..../s1. The molecule has 0 N–H and O–H groups in total. The Morgan fingerprint density at radius 3 is 1.93 bits per heavy atom. The SMILES string of the molecule is CCC[CH2][Sn]([CH2]CCC)([CH2]CCC)[C@H]1CC(c2ccccc2)=CC[C@@H]1C(C)=O. The molecule has 1 aliphatic rings. The average molecular weight is 489 g/mol. The molecule has 1 aromatic rings. The van der Waals surface area contributed by atoms with Crippen molar-refractivity contribution in [3.05, 3.63) is 42.0 Å². The van der Waals surface area contributed by atoms with E-state index in [1.54, 1.807) is 0 Å². The van der Waals surface area contributed by atoms with Crippen LogP contribution in [-0.4, -0.2) is 24.2 Å². The van der Waals surface area contributed by atoms with E-state index >= 15 is 0 Å². The molecular weight excluding hydrogens is 447 g/mol. The fourth-order valence-electron chi connectivity index (χ4n) is 5.39. The van der Waals surface area contributed by atoms with E-state index in [2.05, 4.69) is 57.2 Å². The summed E-state index contributed by atoms with van der Waals surface area (Å²) in [6.45, 7) is 8.90. The molecule has 1 aliphatic carbocycles. The van der Waals surface area contributed by atoms with Gasteiger partial charge in [-0.05, 0) is 0 Å². The fraction of sp³-hybridized carbons (Fsp3) is 0.654. The molecule has 0 saturated heterocycles. The minimum atomic E-state index is -2.46. The number of allylic oxidation sites excluding steroid dienone is 2. The van der Waals surface area contributed by atoms with E-state index in [4.69, 9.17) is 0 Å². The van der Waals surface area contributed by atoms with Crippen molar-refractivity contribution in [2.45, 2.75) is 96.3 Å². The van der Waals surface area contributed by atoms with Crippen LogP contribution < -0.4 is 0 Å². The Hall–Kier alpha value is -0.571. The molecule has 0 radical (unpaired) electrons. The molecule has 0 aromatic heterocycles. The summed E-state index contributed by atoms with van der Waals surface area (Å²) in [5.74, 6) is 0.757. The number of carbonyl (C=O) groups is 1. The molecule has 0 bridgehead atoms. The first kappa shape index (κ1) is 23.7. The first-order valence-electron chi connectivity index (χ1n) is 11.8. The van der Waals surface area contributed by atoms with Gasteiger partial charge in [0.1, 0.15) is 0 Å². The van der Waals surface area contributed by atoms with Gasteiger partial charge in [0.05, 0.1) is 0 Å². The van der Waals surface area contributed by atoms with Crippen LogP contribution in [0.5, 0.6) is 0 Å². The van der Waals surface area contributed by atoms with Gasteiger partial charge in [-0.25, -0.2) is 0 Å². The third kappa shape index (κ3) is 6.21. The minimum absolute atomic E-state index is 0.300. The predicted molar refractivity (Wildman–Crippen MR) is 126 cm³/mol. The van der Waals surface area contributed by atoms with Crippen LogP contribution in [0.1, 0.15) is 84.6 Å². The zero-order valence-electron chi connectivity index (χ0n) is 18.8. The number of carbonyl (C=O) groups excluding carboxylic acids is 1. The van der Waals surface area contributed by atoms with Crippen molar-refractivity contribution in [3.63, 3.8) is 0 Å². The number of rotatable bonds is 12. The summed E-state index contributed by atoms with van der Waals surface area (Å²) in [5.41, 5.74) is 2.91. The fourth-order valence-corrected chi connectivity index (χ4v) is 25.1. The van der Waals surface area contributed by atoms with E-state index in [9.17, 15) is 4.79 Å². The van der Waals surface area contributed by atoms with E-state index in [1.807, 2.05) is 6.92 Å². The summed E-state index contributed by atoms with van der Waals surface area (Å²) in [7, 11) is 0. The van der Waals surface area contributed by atoms with Crippen LogP contribution in [0.4, 0.5) is 0 Å². The molecule has 0 fully saturated rings. The number of hydrogen-bond donors (Lipinski definition) is 0. The van der Waals surface area contributed by atoms with Gasteiger partial charge >= 0.3 is 179 Å². The summed E-state index contributed by atoms with van der Waals surface area (Å²) in [6.07, 6.45) is 12.6. The Bertz CT molecular complexity index is 597. The molecule has 1 nitrogen and oxygen atoms in total. The van der Waals surface area contributed by atoms with Crippen molar-refractivity contribution < 1.29 is 4.79 Å². The topological polar surface area (TPSA) is 17.1 Å². The van der Waals surface area contributed by atoms with Gasteiger partial charge in [0.25, 0.3) is 0 Å². The summed E-state index contributed by atoms with van der Waals surface area (Å²) >= 11 is -2.46. The first-order chi connectivity index (χ1) is 13.6. The number of ketones is 1. The van der Waals surface area contributed by atoms with Crippen LogP contribution >= 0.6 is 0 Å². The quantitative estimate of drug-likeness (QED) is 0.270. The molecule has 0 amide bonds. The number of hydrogen-bond acceptors (Lipinski definition) is 1. The maximum absolute atomic E-state index is 12.7. The Kier molecular flexibility index (Phi) is 10.3. The molecule has 2 rings (SSSR count). The molecule has 1 aromatic carbocycles. The van der Waals surface area contributed by atoms with Crippen LogP contribution in [0.25, 0.3) is 5.57 Å². The molecule has 0 unspecified atom stereocenters. The van der Waals surface area contributed by atoms with Crippen molar-refractivity contribution >= 4 is 29.7 Å². The second-order valence-corrected chi connectivity index (χ2v) is 23.2. The van der Waals surface area contributed by atoms with Crippen molar-refractivity contribution in [1.29, 1.82) is 0 Å². The van der Waals surface area contributed by atoms with Gasteiger partial charge in [-0.2, -0.15) is 0 Å². The van der Waals surface area contributed by atoms with E-state index in [-0.39, 0.29) is 0 Å². The number of benzene rings is 1.